The minimum absolute atomic E-state index is 0.217. The predicted molar refractivity (Wildman–Crippen MR) is 80.7 cm³/mol. The van der Waals surface area contributed by atoms with Crippen LogP contribution in [0.4, 0.5) is 4.39 Å². The van der Waals surface area contributed by atoms with E-state index >= 15 is 0 Å². The van der Waals surface area contributed by atoms with Crippen LogP contribution in [0, 0.1) is 5.82 Å². The SMILES string of the molecule is NCc1ccc(F)cc1CSCc1ccccc1Cl. The Hall–Kier alpha value is -1.03. The maximum Gasteiger partial charge on any atom is 0.123 e. The van der Waals surface area contributed by atoms with Crippen LogP contribution in [0.3, 0.4) is 0 Å². The minimum Gasteiger partial charge on any atom is -0.326 e. The van der Waals surface area contributed by atoms with Gasteiger partial charge in [0.2, 0.25) is 0 Å². The van der Waals surface area contributed by atoms with Crippen LogP contribution in [0.15, 0.2) is 42.5 Å². The van der Waals surface area contributed by atoms with E-state index in [0.29, 0.717) is 6.54 Å². The first-order valence-electron chi connectivity index (χ1n) is 5.99. The monoisotopic (exact) mass is 295 g/mol. The second kappa shape index (κ2) is 6.94. The number of benzene rings is 2. The Kier molecular flexibility index (Phi) is 5.25. The van der Waals surface area contributed by atoms with E-state index in [1.54, 1.807) is 23.9 Å². The van der Waals surface area contributed by atoms with Crippen LogP contribution in [0.5, 0.6) is 0 Å². The third-order valence-corrected chi connectivity index (χ3v) is 4.26. The van der Waals surface area contributed by atoms with E-state index in [0.717, 1.165) is 33.2 Å². The fraction of sp³-hybridized carbons (Fsp3) is 0.200. The van der Waals surface area contributed by atoms with Crippen molar-refractivity contribution in [3.05, 3.63) is 70.0 Å². The molecule has 1 nitrogen and oxygen atoms in total. The highest BCUT2D eigenvalue weighted by atomic mass is 35.5. The molecule has 0 radical (unpaired) electrons. The average Bonchev–Trinajstić information content (AvgIpc) is 2.41. The maximum atomic E-state index is 13.2. The summed E-state index contributed by atoms with van der Waals surface area (Å²) in [5.74, 6) is 1.32. The molecule has 0 aliphatic carbocycles. The Labute approximate surface area is 122 Å². The molecule has 0 fully saturated rings. The van der Waals surface area contributed by atoms with E-state index < -0.39 is 0 Å². The first-order valence-corrected chi connectivity index (χ1v) is 7.52. The van der Waals surface area contributed by atoms with Crippen molar-refractivity contribution in [1.29, 1.82) is 0 Å². The number of halogens is 2. The van der Waals surface area contributed by atoms with Gasteiger partial charge in [0.25, 0.3) is 0 Å². The molecule has 2 aromatic rings. The summed E-state index contributed by atoms with van der Waals surface area (Å²) >= 11 is 7.80. The molecule has 0 saturated heterocycles. The highest BCUT2D eigenvalue weighted by molar-refractivity contribution is 7.97. The molecule has 0 aliphatic rings. The van der Waals surface area contributed by atoms with Gasteiger partial charge in [-0.25, -0.2) is 4.39 Å². The van der Waals surface area contributed by atoms with Gasteiger partial charge in [-0.3, -0.25) is 0 Å². The molecule has 0 aromatic heterocycles. The molecule has 0 heterocycles. The highest BCUT2D eigenvalue weighted by Crippen LogP contribution is 2.24. The highest BCUT2D eigenvalue weighted by Gasteiger charge is 2.04. The topological polar surface area (TPSA) is 26.0 Å². The van der Waals surface area contributed by atoms with Crippen LogP contribution in [0.2, 0.25) is 5.02 Å². The van der Waals surface area contributed by atoms with Gasteiger partial charge in [0, 0.05) is 23.1 Å². The predicted octanol–water partition coefficient (Wildman–Crippen LogP) is 4.37. The molecule has 4 heteroatoms. The number of hydrogen-bond donors (Lipinski definition) is 1. The van der Waals surface area contributed by atoms with Crippen molar-refractivity contribution in [2.24, 2.45) is 5.73 Å². The average molecular weight is 296 g/mol. The van der Waals surface area contributed by atoms with E-state index in [-0.39, 0.29) is 5.82 Å². The van der Waals surface area contributed by atoms with Crippen molar-refractivity contribution in [3.8, 4) is 0 Å². The Morgan fingerprint density at radius 1 is 1.00 bits per heavy atom. The summed E-state index contributed by atoms with van der Waals surface area (Å²) in [5, 5.41) is 0.772. The fourth-order valence-corrected chi connectivity index (χ4v) is 3.16. The molecule has 0 bridgehead atoms. The first kappa shape index (κ1) is 14.4. The molecule has 100 valence electrons. The third-order valence-electron chi connectivity index (χ3n) is 2.86. The van der Waals surface area contributed by atoms with E-state index in [9.17, 15) is 4.39 Å². The number of rotatable bonds is 5. The molecule has 2 aromatic carbocycles. The zero-order valence-corrected chi connectivity index (χ0v) is 12.0. The summed E-state index contributed by atoms with van der Waals surface area (Å²) in [6, 6.07) is 12.5. The van der Waals surface area contributed by atoms with Gasteiger partial charge in [0.15, 0.2) is 0 Å². The Balaban J connectivity index is 2.00. The Morgan fingerprint density at radius 2 is 1.74 bits per heavy atom. The molecule has 19 heavy (non-hydrogen) atoms. The van der Waals surface area contributed by atoms with E-state index in [1.807, 2.05) is 24.3 Å². The van der Waals surface area contributed by atoms with Crippen molar-refractivity contribution >= 4 is 23.4 Å². The first-order chi connectivity index (χ1) is 9.20. The minimum atomic E-state index is -0.217. The fourth-order valence-electron chi connectivity index (χ4n) is 1.81. The van der Waals surface area contributed by atoms with E-state index in [2.05, 4.69) is 0 Å². The maximum absolute atomic E-state index is 13.2. The lowest BCUT2D eigenvalue weighted by atomic mass is 10.1. The second-order valence-electron chi connectivity index (χ2n) is 4.20. The summed E-state index contributed by atoms with van der Waals surface area (Å²) in [6.45, 7) is 0.433. The van der Waals surface area contributed by atoms with Crippen molar-refractivity contribution in [2.45, 2.75) is 18.1 Å². The normalized spacial score (nSPS) is 10.7. The molecule has 0 atom stereocenters. The smallest absolute Gasteiger partial charge is 0.123 e. The van der Waals surface area contributed by atoms with Crippen LogP contribution < -0.4 is 5.73 Å². The van der Waals surface area contributed by atoms with Gasteiger partial charge < -0.3 is 5.73 Å². The van der Waals surface area contributed by atoms with Crippen molar-refractivity contribution in [1.82, 2.24) is 0 Å². The summed E-state index contributed by atoms with van der Waals surface area (Å²) < 4.78 is 13.2. The lowest BCUT2D eigenvalue weighted by molar-refractivity contribution is 0.625. The zero-order valence-electron chi connectivity index (χ0n) is 10.4. The molecule has 0 unspecified atom stereocenters. The second-order valence-corrected chi connectivity index (χ2v) is 5.59. The zero-order chi connectivity index (χ0) is 13.7. The third kappa shape index (κ3) is 3.96. The van der Waals surface area contributed by atoms with Gasteiger partial charge in [-0.1, -0.05) is 35.9 Å². The molecule has 0 amide bonds. The Morgan fingerprint density at radius 3 is 2.47 bits per heavy atom. The van der Waals surface area contributed by atoms with Crippen molar-refractivity contribution in [2.75, 3.05) is 0 Å². The van der Waals surface area contributed by atoms with Gasteiger partial charge in [0.1, 0.15) is 5.82 Å². The molecule has 0 aliphatic heterocycles. The molecule has 0 saturated carbocycles. The van der Waals surface area contributed by atoms with Crippen LogP contribution in [-0.2, 0) is 18.1 Å². The van der Waals surface area contributed by atoms with Crippen molar-refractivity contribution in [3.63, 3.8) is 0 Å². The summed E-state index contributed by atoms with van der Waals surface area (Å²) in [5.41, 5.74) is 8.70. The molecular weight excluding hydrogens is 281 g/mol. The lowest BCUT2D eigenvalue weighted by Crippen LogP contribution is -2.01. The number of nitrogens with two attached hydrogens (primary N) is 1. The molecular formula is C15H15ClFNS. The molecule has 2 rings (SSSR count). The van der Waals surface area contributed by atoms with Crippen LogP contribution >= 0.6 is 23.4 Å². The summed E-state index contributed by atoms with van der Waals surface area (Å²) in [6.07, 6.45) is 0. The molecule has 0 spiro atoms. The van der Waals surface area contributed by atoms with Gasteiger partial charge in [-0.2, -0.15) is 11.8 Å². The number of thioether (sulfide) groups is 1. The quantitative estimate of drug-likeness (QED) is 0.886. The number of hydrogen-bond acceptors (Lipinski definition) is 2. The van der Waals surface area contributed by atoms with Gasteiger partial charge in [-0.05, 0) is 34.9 Å². The van der Waals surface area contributed by atoms with Gasteiger partial charge >= 0.3 is 0 Å². The summed E-state index contributed by atoms with van der Waals surface area (Å²) in [7, 11) is 0. The van der Waals surface area contributed by atoms with Gasteiger partial charge in [0.05, 0.1) is 0 Å². The van der Waals surface area contributed by atoms with Crippen molar-refractivity contribution < 1.29 is 4.39 Å². The van der Waals surface area contributed by atoms with E-state index in [1.165, 1.54) is 6.07 Å². The Bertz CT molecular complexity index is 560. The summed E-state index contributed by atoms with van der Waals surface area (Å²) in [4.78, 5) is 0. The van der Waals surface area contributed by atoms with Crippen LogP contribution in [-0.4, -0.2) is 0 Å². The van der Waals surface area contributed by atoms with Crippen LogP contribution in [0.25, 0.3) is 0 Å². The standard InChI is InChI=1S/C15H15ClFNS/c16-15-4-2-1-3-12(15)9-19-10-13-7-14(17)6-5-11(13)8-18/h1-7H,8-10,18H2. The lowest BCUT2D eigenvalue weighted by Gasteiger charge is -2.08. The molecule has 2 N–H and O–H groups in total. The largest absolute Gasteiger partial charge is 0.326 e. The van der Waals surface area contributed by atoms with Crippen LogP contribution in [0.1, 0.15) is 16.7 Å². The van der Waals surface area contributed by atoms with E-state index in [4.69, 9.17) is 17.3 Å². The van der Waals surface area contributed by atoms with Gasteiger partial charge in [-0.15, -0.1) is 0 Å².